The topological polar surface area (TPSA) is 104 Å². The van der Waals surface area contributed by atoms with Gasteiger partial charge < -0.3 is 11.1 Å². The van der Waals surface area contributed by atoms with Crippen LogP contribution in [0, 0.1) is 30.6 Å². The fourth-order valence-electron chi connectivity index (χ4n) is 4.23. The molecule has 1 saturated carbocycles. The Balaban J connectivity index is 0.000000211. The zero-order valence-electron chi connectivity index (χ0n) is 16.8. The largest absolute Gasteiger partial charge is 0.397 e. The quantitative estimate of drug-likeness (QED) is 0.437. The number of hydrogen-bond acceptors (Lipinski definition) is 6. The number of aryl methyl sites for hydroxylation is 2. The van der Waals surface area contributed by atoms with Crippen LogP contribution >= 0.6 is 0 Å². The van der Waals surface area contributed by atoms with E-state index >= 15 is 0 Å². The van der Waals surface area contributed by atoms with Crippen LogP contribution in [0.1, 0.15) is 36.9 Å². The molecule has 3 aromatic rings. The number of imidazole rings is 1. The summed E-state index contributed by atoms with van der Waals surface area (Å²) in [5.74, 6) is -0.638. The van der Waals surface area contributed by atoms with Crippen molar-refractivity contribution in [3.05, 3.63) is 41.5 Å². The normalized spacial score (nSPS) is 17.1. The lowest BCUT2D eigenvalue weighted by Gasteiger charge is -2.39. The molecule has 0 unspecified atom stereocenters. The standard InChI is InChI=1S/C14H13FN6.C7H13N/c1-7-3-12(20-21-6-8(2)18-14(7)21)9-4-10(15)13(19-17)11(16)5-9;1-2-4-7(3-1)5-8-6-7/h3-6,17H,16H2,1-2H3;8H,1-6H2. The Morgan fingerprint density at radius 3 is 2.48 bits per heavy atom. The molecule has 1 saturated heterocycles. The summed E-state index contributed by atoms with van der Waals surface area (Å²) in [7, 11) is 0. The predicted octanol–water partition coefficient (Wildman–Crippen LogP) is 4.55. The number of nitrogen functional groups attached to an aromatic ring is 1. The van der Waals surface area contributed by atoms with Crippen LogP contribution in [0.5, 0.6) is 0 Å². The molecule has 5 rings (SSSR count). The van der Waals surface area contributed by atoms with Gasteiger partial charge in [-0.2, -0.15) is 10.2 Å². The van der Waals surface area contributed by atoms with Gasteiger partial charge in [0.15, 0.2) is 11.5 Å². The van der Waals surface area contributed by atoms with E-state index in [1.807, 2.05) is 19.9 Å². The third-order valence-corrected chi connectivity index (χ3v) is 5.89. The van der Waals surface area contributed by atoms with Gasteiger partial charge in [0, 0.05) is 18.7 Å². The first-order valence-electron chi connectivity index (χ1n) is 9.92. The van der Waals surface area contributed by atoms with E-state index in [2.05, 4.69) is 20.5 Å². The van der Waals surface area contributed by atoms with Crippen molar-refractivity contribution < 1.29 is 4.39 Å². The predicted molar refractivity (Wildman–Crippen MR) is 111 cm³/mol. The SMILES string of the molecule is C1CCC2(C1)CNC2.Cc1cn2nc(-c3cc(N)c(N=N)c(F)c3)cc(C)c2n1. The van der Waals surface area contributed by atoms with Crippen LogP contribution in [0.4, 0.5) is 15.8 Å². The van der Waals surface area contributed by atoms with Gasteiger partial charge in [0.2, 0.25) is 0 Å². The van der Waals surface area contributed by atoms with Crippen LogP contribution in [0.2, 0.25) is 0 Å². The van der Waals surface area contributed by atoms with Crippen LogP contribution in [-0.4, -0.2) is 27.7 Å². The molecule has 1 aliphatic carbocycles. The molecular weight excluding hydrogens is 369 g/mol. The van der Waals surface area contributed by atoms with Gasteiger partial charge in [-0.1, -0.05) is 12.8 Å². The molecular formula is C21H26FN7. The Morgan fingerprint density at radius 1 is 1.21 bits per heavy atom. The van der Waals surface area contributed by atoms with Gasteiger partial charge in [-0.15, -0.1) is 0 Å². The number of nitrogens with one attached hydrogen (secondary N) is 2. The number of rotatable bonds is 2. The maximum Gasteiger partial charge on any atom is 0.156 e. The second kappa shape index (κ2) is 7.51. The Bertz CT molecular complexity index is 1040. The number of benzene rings is 1. The average Bonchev–Trinajstić information content (AvgIpc) is 3.28. The molecule has 1 spiro atoms. The van der Waals surface area contributed by atoms with Crippen molar-refractivity contribution in [2.24, 2.45) is 10.5 Å². The summed E-state index contributed by atoms with van der Waals surface area (Å²) in [4.78, 5) is 4.37. The first-order chi connectivity index (χ1) is 13.9. The van der Waals surface area contributed by atoms with Gasteiger partial charge in [-0.3, -0.25) is 0 Å². The minimum atomic E-state index is -0.638. The van der Waals surface area contributed by atoms with Crippen LogP contribution in [0.15, 0.2) is 29.5 Å². The number of nitrogens with zero attached hydrogens (tertiary/aromatic N) is 4. The molecule has 2 aliphatic rings. The molecule has 0 radical (unpaired) electrons. The molecule has 152 valence electrons. The second-order valence-corrected chi connectivity index (χ2v) is 8.18. The summed E-state index contributed by atoms with van der Waals surface area (Å²) < 4.78 is 15.5. The van der Waals surface area contributed by atoms with E-state index in [1.165, 1.54) is 44.8 Å². The maximum atomic E-state index is 13.9. The van der Waals surface area contributed by atoms with Gasteiger partial charge in [-0.25, -0.2) is 19.4 Å². The van der Waals surface area contributed by atoms with E-state index in [9.17, 15) is 4.39 Å². The highest BCUT2D eigenvalue weighted by molar-refractivity contribution is 5.73. The molecule has 2 aromatic heterocycles. The van der Waals surface area contributed by atoms with Gasteiger partial charge in [0.1, 0.15) is 5.69 Å². The third kappa shape index (κ3) is 3.72. The van der Waals surface area contributed by atoms with Gasteiger partial charge in [0.25, 0.3) is 0 Å². The van der Waals surface area contributed by atoms with E-state index in [0.29, 0.717) is 11.3 Å². The third-order valence-electron chi connectivity index (χ3n) is 5.89. The minimum Gasteiger partial charge on any atom is -0.397 e. The molecule has 3 heterocycles. The van der Waals surface area contributed by atoms with Gasteiger partial charge in [0.05, 0.1) is 23.3 Å². The molecule has 8 heteroatoms. The zero-order chi connectivity index (χ0) is 20.6. The second-order valence-electron chi connectivity index (χ2n) is 8.18. The van der Waals surface area contributed by atoms with Crippen molar-refractivity contribution in [1.82, 2.24) is 19.9 Å². The number of halogens is 1. The molecule has 2 fully saturated rings. The van der Waals surface area contributed by atoms with Crippen molar-refractivity contribution in [3.8, 4) is 11.3 Å². The number of fused-ring (bicyclic) bond motifs is 1. The summed E-state index contributed by atoms with van der Waals surface area (Å²) >= 11 is 0. The Hall–Kier alpha value is -2.87. The van der Waals surface area contributed by atoms with Crippen molar-refractivity contribution in [3.63, 3.8) is 0 Å². The van der Waals surface area contributed by atoms with Crippen molar-refractivity contribution in [1.29, 1.82) is 5.53 Å². The first kappa shape index (κ1) is 19.4. The summed E-state index contributed by atoms with van der Waals surface area (Å²) in [5.41, 5.74) is 17.1. The number of hydrogen-bond donors (Lipinski definition) is 3. The summed E-state index contributed by atoms with van der Waals surface area (Å²) in [6.07, 6.45) is 7.78. The molecule has 0 atom stereocenters. The maximum absolute atomic E-state index is 13.9. The van der Waals surface area contributed by atoms with E-state index in [0.717, 1.165) is 22.3 Å². The molecule has 0 amide bonds. The molecule has 1 aromatic carbocycles. The summed E-state index contributed by atoms with van der Waals surface area (Å²) in [5, 5.41) is 10.9. The molecule has 0 bridgehead atoms. The smallest absolute Gasteiger partial charge is 0.156 e. The average molecular weight is 395 g/mol. The van der Waals surface area contributed by atoms with Crippen LogP contribution in [0.3, 0.4) is 0 Å². The molecule has 29 heavy (non-hydrogen) atoms. The number of nitrogens with two attached hydrogens (primary N) is 1. The van der Waals surface area contributed by atoms with Crippen molar-refractivity contribution >= 4 is 17.0 Å². The highest BCUT2D eigenvalue weighted by Crippen LogP contribution is 2.40. The lowest BCUT2D eigenvalue weighted by atomic mass is 9.80. The number of anilines is 1. The van der Waals surface area contributed by atoms with Gasteiger partial charge >= 0.3 is 0 Å². The minimum absolute atomic E-state index is 0.112. The number of aromatic nitrogens is 3. The van der Waals surface area contributed by atoms with E-state index in [1.54, 1.807) is 16.8 Å². The van der Waals surface area contributed by atoms with Gasteiger partial charge in [-0.05, 0) is 55.9 Å². The molecule has 7 nitrogen and oxygen atoms in total. The Labute approximate surface area is 169 Å². The Morgan fingerprint density at radius 2 is 1.93 bits per heavy atom. The van der Waals surface area contributed by atoms with Crippen molar-refractivity contribution in [2.45, 2.75) is 39.5 Å². The van der Waals surface area contributed by atoms with Crippen LogP contribution in [-0.2, 0) is 0 Å². The first-order valence-corrected chi connectivity index (χ1v) is 9.92. The monoisotopic (exact) mass is 395 g/mol. The van der Waals surface area contributed by atoms with Crippen LogP contribution in [0.25, 0.3) is 16.9 Å². The fourth-order valence-corrected chi connectivity index (χ4v) is 4.23. The van der Waals surface area contributed by atoms with E-state index < -0.39 is 5.82 Å². The fraction of sp³-hybridized carbons (Fsp3) is 0.429. The lowest BCUT2D eigenvalue weighted by molar-refractivity contribution is 0.178. The van der Waals surface area contributed by atoms with E-state index in [4.69, 9.17) is 11.3 Å². The van der Waals surface area contributed by atoms with Crippen LogP contribution < -0.4 is 11.1 Å². The molecule has 1 aliphatic heterocycles. The highest BCUT2D eigenvalue weighted by atomic mass is 19.1. The lowest BCUT2D eigenvalue weighted by Crippen LogP contribution is -2.51. The summed E-state index contributed by atoms with van der Waals surface area (Å²) in [6, 6.07) is 4.67. The Kier molecular flexibility index (Phi) is 5.04. The highest BCUT2D eigenvalue weighted by Gasteiger charge is 2.38. The van der Waals surface area contributed by atoms with E-state index in [-0.39, 0.29) is 11.4 Å². The molecule has 4 N–H and O–H groups in total. The summed E-state index contributed by atoms with van der Waals surface area (Å²) in [6.45, 7) is 6.43. The van der Waals surface area contributed by atoms with Crippen molar-refractivity contribution in [2.75, 3.05) is 18.8 Å². The zero-order valence-corrected chi connectivity index (χ0v) is 16.8.